The van der Waals surface area contributed by atoms with Gasteiger partial charge in [-0.05, 0) is 76.9 Å². The van der Waals surface area contributed by atoms with Gasteiger partial charge in [-0.3, -0.25) is 0 Å². The fraction of sp³-hybridized carbons (Fsp3) is 0. The van der Waals surface area contributed by atoms with Gasteiger partial charge in [-0.25, -0.2) is 4.98 Å². The lowest BCUT2D eigenvalue weighted by molar-refractivity contribution is 1.28. The van der Waals surface area contributed by atoms with Crippen molar-refractivity contribution in [2.75, 3.05) is 4.90 Å². The SMILES string of the molecule is c1ccc(-c2ccc(N(c3ccccc3)c3ccc(-c4cccc5sc6cc7nc(-c8ccccc8)sc7cc6c45)cc3)cc2)cc1. The number of thiophene rings is 1. The van der Waals surface area contributed by atoms with Crippen LogP contribution in [0.15, 0.2) is 170 Å². The van der Waals surface area contributed by atoms with E-state index in [1.165, 1.54) is 52.7 Å². The Kier molecular flexibility index (Phi) is 6.89. The Bertz CT molecular complexity index is 2480. The van der Waals surface area contributed by atoms with Crippen LogP contribution in [0.5, 0.6) is 0 Å². The Balaban J connectivity index is 1.11. The minimum Gasteiger partial charge on any atom is -0.311 e. The van der Waals surface area contributed by atoms with E-state index in [-0.39, 0.29) is 0 Å². The van der Waals surface area contributed by atoms with Gasteiger partial charge >= 0.3 is 0 Å². The number of benzene rings is 7. The van der Waals surface area contributed by atoms with Gasteiger partial charge in [0.15, 0.2) is 0 Å². The molecular weight excluding hydrogens is 609 g/mol. The number of anilines is 3. The van der Waals surface area contributed by atoms with Gasteiger partial charge in [0.05, 0.1) is 10.2 Å². The van der Waals surface area contributed by atoms with E-state index in [0.29, 0.717) is 0 Å². The molecule has 0 aliphatic carbocycles. The van der Waals surface area contributed by atoms with Gasteiger partial charge in [-0.2, -0.15) is 0 Å². The number of thiazole rings is 1. The van der Waals surface area contributed by atoms with Crippen molar-refractivity contribution in [2.45, 2.75) is 0 Å². The van der Waals surface area contributed by atoms with E-state index in [1.807, 2.05) is 11.3 Å². The van der Waals surface area contributed by atoms with Crippen molar-refractivity contribution in [3.63, 3.8) is 0 Å². The van der Waals surface area contributed by atoms with Crippen LogP contribution in [-0.4, -0.2) is 4.98 Å². The summed E-state index contributed by atoms with van der Waals surface area (Å²) in [5.74, 6) is 0. The van der Waals surface area contributed by atoms with Gasteiger partial charge in [0, 0.05) is 42.8 Å². The zero-order valence-electron chi connectivity index (χ0n) is 25.4. The molecule has 7 aromatic carbocycles. The molecule has 2 heterocycles. The maximum Gasteiger partial charge on any atom is 0.124 e. The average molecular weight is 637 g/mol. The van der Waals surface area contributed by atoms with E-state index < -0.39 is 0 Å². The second kappa shape index (κ2) is 11.7. The molecule has 4 heteroatoms. The first-order valence-electron chi connectivity index (χ1n) is 15.7. The summed E-state index contributed by atoms with van der Waals surface area (Å²) in [7, 11) is 0. The third-order valence-corrected chi connectivity index (χ3v) is 10.9. The molecular formula is C43H28N2S2. The molecule has 47 heavy (non-hydrogen) atoms. The topological polar surface area (TPSA) is 16.1 Å². The van der Waals surface area contributed by atoms with Crippen LogP contribution in [0.25, 0.3) is 63.2 Å². The minimum absolute atomic E-state index is 1.07. The Morgan fingerprint density at radius 2 is 0.979 bits per heavy atom. The number of rotatable bonds is 6. The van der Waals surface area contributed by atoms with E-state index in [0.717, 1.165) is 27.6 Å². The van der Waals surface area contributed by atoms with E-state index in [9.17, 15) is 0 Å². The van der Waals surface area contributed by atoms with Crippen LogP contribution in [0.3, 0.4) is 0 Å². The minimum atomic E-state index is 1.07. The smallest absolute Gasteiger partial charge is 0.124 e. The Hall–Kier alpha value is -5.55. The van der Waals surface area contributed by atoms with E-state index in [2.05, 4.69) is 175 Å². The van der Waals surface area contributed by atoms with Crippen LogP contribution in [0.1, 0.15) is 0 Å². The van der Waals surface area contributed by atoms with Crippen LogP contribution in [0.2, 0.25) is 0 Å². The largest absolute Gasteiger partial charge is 0.311 e. The molecule has 0 aliphatic heterocycles. The quantitative estimate of drug-likeness (QED) is 0.181. The fourth-order valence-electron chi connectivity index (χ4n) is 6.44. The maximum atomic E-state index is 5.00. The van der Waals surface area contributed by atoms with Crippen LogP contribution < -0.4 is 4.90 Å². The number of fused-ring (bicyclic) bond motifs is 4. The second-order valence-corrected chi connectivity index (χ2v) is 13.7. The lowest BCUT2D eigenvalue weighted by Gasteiger charge is -2.26. The third kappa shape index (κ3) is 5.08. The van der Waals surface area contributed by atoms with Crippen molar-refractivity contribution < 1.29 is 0 Å². The lowest BCUT2D eigenvalue weighted by atomic mass is 9.99. The predicted octanol–water partition coefficient (Wildman–Crippen LogP) is 13.1. The molecule has 0 N–H and O–H groups in total. The second-order valence-electron chi connectivity index (χ2n) is 11.6. The van der Waals surface area contributed by atoms with Crippen molar-refractivity contribution in [3.8, 4) is 32.8 Å². The van der Waals surface area contributed by atoms with Gasteiger partial charge in [0.25, 0.3) is 0 Å². The number of para-hydroxylation sites is 1. The summed E-state index contributed by atoms with van der Waals surface area (Å²) < 4.78 is 3.79. The summed E-state index contributed by atoms with van der Waals surface area (Å²) in [5, 5.41) is 3.68. The van der Waals surface area contributed by atoms with Crippen molar-refractivity contribution in [1.29, 1.82) is 0 Å². The highest BCUT2D eigenvalue weighted by molar-refractivity contribution is 7.26. The molecule has 0 aliphatic rings. The van der Waals surface area contributed by atoms with Gasteiger partial charge in [-0.15, -0.1) is 22.7 Å². The highest BCUT2D eigenvalue weighted by Crippen LogP contribution is 2.44. The maximum absolute atomic E-state index is 5.00. The van der Waals surface area contributed by atoms with Gasteiger partial charge in [0.2, 0.25) is 0 Å². The molecule has 0 saturated heterocycles. The Morgan fingerprint density at radius 3 is 1.66 bits per heavy atom. The molecule has 0 spiro atoms. The first-order valence-corrected chi connectivity index (χ1v) is 17.3. The fourth-order valence-corrected chi connectivity index (χ4v) is 8.58. The summed E-state index contributed by atoms with van der Waals surface area (Å²) in [6.07, 6.45) is 0. The first kappa shape index (κ1) is 27.7. The number of hydrogen-bond acceptors (Lipinski definition) is 4. The van der Waals surface area contributed by atoms with Crippen LogP contribution in [-0.2, 0) is 0 Å². The standard InChI is InChI=1S/C43H28N2S2/c1-4-11-29(12-5-1)30-19-23-34(24-20-30)45(33-15-8-3-9-16-33)35-25-21-31(22-26-35)36-17-10-18-39-42(36)37-27-41-38(28-40(37)46-39)44-43(47-41)32-13-6-2-7-14-32/h1-28H. The normalized spacial score (nSPS) is 11.4. The Morgan fingerprint density at radius 1 is 0.404 bits per heavy atom. The summed E-state index contributed by atoms with van der Waals surface area (Å²) in [4.78, 5) is 7.32. The zero-order chi connectivity index (χ0) is 31.2. The predicted molar refractivity (Wildman–Crippen MR) is 203 cm³/mol. The molecule has 0 amide bonds. The monoisotopic (exact) mass is 636 g/mol. The molecule has 9 rings (SSSR count). The van der Waals surface area contributed by atoms with Crippen molar-refractivity contribution >= 4 is 70.1 Å². The van der Waals surface area contributed by atoms with Gasteiger partial charge in [-0.1, -0.05) is 115 Å². The summed E-state index contributed by atoms with van der Waals surface area (Å²) in [6, 6.07) is 60.8. The van der Waals surface area contributed by atoms with Crippen molar-refractivity contribution in [2.24, 2.45) is 0 Å². The number of aromatic nitrogens is 1. The van der Waals surface area contributed by atoms with Crippen LogP contribution >= 0.6 is 22.7 Å². The van der Waals surface area contributed by atoms with E-state index in [4.69, 9.17) is 4.98 Å². The summed E-state index contributed by atoms with van der Waals surface area (Å²) in [5.41, 5.74) is 10.5. The van der Waals surface area contributed by atoms with Crippen LogP contribution in [0.4, 0.5) is 17.1 Å². The molecule has 2 aromatic heterocycles. The van der Waals surface area contributed by atoms with Crippen molar-refractivity contribution in [3.05, 3.63) is 170 Å². The molecule has 9 aromatic rings. The molecule has 0 radical (unpaired) electrons. The molecule has 0 unspecified atom stereocenters. The van der Waals surface area contributed by atoms with Gasteiger partial charge < -0.3 is 4.90 Å². The summed E-state index contributed by atoms with van der Waals surface area (Å²) in [6.45, 7) is 0. The molecule has 0 atom stereocenters. The molecule has 2 nitrogen and oxygen atoms in total. The highest BCUT2D eigenvalue weighted by atomic mass is 32.1. The highest BCUT2D eigenvalue weighted by Gasteiger charge is 2.16. The van der Waals surface area contributed by atoms with Crippen LogP contribution in [0, 0.1) is 0 Å². The first-order chi connectivity index (χ1) is 23.3. The summed E-state index contributed by atoms with van der Waals surface area (Å²) >= 11 is 3.62. The van der Waals surface area contributed by atoms with Gasteiger partial charge in [0.1, 0.15) is 5.01 Å². The van der Waals surface area contributed by atoms with Crippen molar-refractivity contribution in [1.82, 2.24) is 4.98 Å². The molecule has 0 saturated carbocycles. The number of nitrogens with zero attached hydrogens (tertiary/aromatic N) is 2. The average Bonchev–Trinajstić information content (AvgIpc) is 3.73. The number of hydrogen-bond donors (Lipinski definition) is 0. The third-order valence-electron chi connectivity index (χ3n) is 8.71. The van der Waals surface area contributed by atoms with E-state index in [1.54, 1.807) is 11.3 Å². The lowest BCUT2D eigenvalue weighted by Crippen LogP contribution is -2.09. The molecule has 222 valence electrons. The zero-order valence-corrected chi connectivity index (χ0v) is 27.0. The molecule has 0 bridgehead atoms. The Labute approximate surface area is 281 Å². The van der Waals surface area contributed by atoms with E-state index >= 15 is 0 Å². The molecule has 0 fully saturated rings.